The molecule has 0 aromatic carbocycles. The molecule has 0 amide bonds. The Kier molecular flexibility index (Phi) is 3.06. The van der Waals surface area contributed by atoms with Crippen LogP contribution in [0.5, 0.6) is 0 Å². The summed E-state index contributed by atoms with van der Waals surface area (Å²) in [7, 11) is 1.85. The molecule has 0 aliphatic rings. The number of aliphatic hydroxyl groups excluding tert-OH is 2. The number of aliphatic hydroxyl groups is 2. The molecule has 0 bridgehead atoms. The lowest BCUT2D eigenvalue weighted by atomic mass is 9.86. The van der Waals surface area contributed by atoms with E-state index in [2.05, 4.69) is 5.10 Å². The molecule has 13 heavy (non-hydrogen) atoms. The third-order valence-electron chi connectivity index (χ3n) is 2.15. The standard InChI is InChI=1S/C9H16N2O2/c1-9(6-12,7-13)3-8-4-10-11(2)5-8/h4-5,12-13H,3,6-7H2,1-2H3. The van der Waals surface area contributed by atoms with Crippen LogP contribution in [0.3, 0.4) is 0 Å². The highest BCUT2D eigenvalue weighted by atomic mass is 16.3. The zero-order chi connectivity index (χ0) is 9.90. The third kappa shape index (κ3) is 2.54. The molecule has 0 atom stereocenters. The largest absolute Gasteiger partial charge is 0.396 e. The van der Waals surface area contributed by atoms with E-state index in [0.717, 1.165) is 5.56 Å². The van der Waals surface area contributed by atoms with Crippen LogP contribution in [0.15, 0.2) is 12.4 Å². The highest BCUT2D eigenvalue weighted by Gasteiger charge is 2.23. The molecule has 0 aliphatic carbocycles. The van der Waals surface area contributed by atoms with Crippen molar-refractivity contribution in [2.45, 2.75) is 13.3 Å². The van der Waals surface area contributed by atoms with Crippen molar-refractivity contribution in [3.8, 4) is 0 Å². The van der Waals surface area contributed by atoms with Gasteiger partial charge in [0.2, 0.25) is 0 Å². The summed E-state index contributed by atoms with van der Waals surface area (Å²) in [5, 5.41) is 22.2. The van der Waals surface area contributed by atoms with E-state index in [1.54, 1.807) is 10.9 Å². The highest BCUT2D eigenvalue weighted by molar-refractivity contribution is 5.06. The molecule has 4 heteroatoms. The zero-order valence-corrected chi connectivity index (χ0v) is 8.06. The first kappa shape index (κ1) is 10.2. The van der Waals surface area contributed by atoms with Crippen LogP contribution in [-0.4, -0.2) is 33.2 Å². The Hall–Kier alpha value is -0.870. The van der Waals surface area contributed by atoms with Crippen molar-refractivity contribution in [3.63, 3.8) is 0 Å². The molecule has 0 spiro atoms. The summed E-state index contributed by atoms with van der Waals surface area (Å²) in [6.45, 7) is 1.82. The first-order chi connectivity index (χ1) is 6.09. The second-order valence-electron chi connectivity index (χ2n) is 3.83. The molecule has 0 unspecified atom stereocenters. The Morgan fingerprint density at radius 2 is 2.08 bits per heavy atom. The fourth-order valence-electron chi connectivity index (χ4n) is 1.22. The minimum Gasteiger partial charge on any atom is -0.396 e. The van der Waals surface area contributed by atoms with Crippen LogP contribution in [0, 0.1) is 5.41 Å². The van der Waals surface area contributed by atoms with Crippen molar-refractivity contribution in [1.29, 1.82) is 0 Å². The van der Waals surface area contributed by atoms with Crippen LogP contribution in [-0.2, 0) is 13.5 Å². The van der Waals surface area contributed by atoms with Gasteiger partial charge in [-0.3, -0.25) is 4.68 Å². The number of nitrogens with zero attached hydrogens (tertiary/aromatic N) is 2. The molecular formula is C9H16N2O2. The maximum atomic E-state index is 9.07. The molecule has 0 fully saturated rings. The maximum Gasteiger partial charge on any atom is 0.0521 e. The number of aromatic nitrogens is 2. The fraction of sp³-hybridized carbons (Fsp3) is 0.667. The monoisotopic (exact) mass is 184 g/mol. The lowest BCUT2D eigenvalue weighted by Gasteiger charge is -2.23. The van der Waals surface area contributed by atoms with Gasteiger partial charge in [-0.25, -0.2) is 0 Å². The van der Waals surface area contributed by atoms with Gasteiger partial charge in [0, 0.05) is 18.7 Å². The first-order valence-corrected chi connectivity index (χ1v) is 4.29. The van der Waals surface area contributed by atoms with Gasteiger partial charge in [0.05, 0.1) is 19.4 Å². The van der Waals surface area contributed by atoms with Gasteiger partial charge in [-0.2, -0.15) is 5.10 Å². The lowest BCUT2D eigenvalue weighted by Crippen LogP contribution is -2.28. The normalized spacial score (nSPS) is 12.0. The fourth-order valence-corrected chi connectivity index (χ4v) is 1.22. The zero-order valence-electron chi connectivity index (χ0n) is 8.06. The number of rotatable bonds is 4. The summed E-state index contributed by atoms with van der Waals surface area (Å²) in [4.78, 5) is 0. The number of aryl methyl sites for hydroxylation is 1. The van der Waals surface area contributed by atoms with Gasteiger partial charge in [-0.05, 0) is 12.0 Å². The van der Waals surface area contributed by atoms with Crippen molar-refractivity contribution < 1.29 is 10.2 Å². The van der Waals surface area contributed by atoms with Gasteiger partial charge in [0.15, 0.2) is 0 Å². The van der Waals surface area contributed by atoms with Crippen molar-refractivity contribution in [2.75, 3.05) is 13.2 Å². The van der Waals surface area contributed by atoms with Gasteiger partial charge >= 0.3 is 0 Å². The number of hydrogen-bond acceptors (Lipinski definition) is 3. The molecule has 0 saturated carbocycles. The predicted molar refractivity (Wildman–Crippen MR) is 49.2 cm³/mol. The second kappa shape index (κ2) is 3.89. The highest BCUT2D eigenvalue weighted by Crippen LogP contribution is 2.20. The van der Waals surface area contributed by atoms with Crippen molar-refractivity contribution >= 4 is 0 Å². The van der Waals surface area contributed by atoms with Crippen LogP contribution >= 0.6 is 0 Å². The maximum absolute atomic E-state index is 9.07. The van der Waals surface area contributed by atoms with Crippen molar-refractivity contribution in [2.24, 2.45) is 12.5 Å². The van der Waals surface area contributed by atoms with Gasteiger partial charge in [0.1, 0.15) is 0 Å². The first-order valence-electron chi connectivity index (χ1n) is 4.29. The number of hydrogen-bond donors (Lipinski definition) is 2. The predicted octanol–water partition coefficient (Wildman–Crippen LogP) is -0.0465. The molecule has 4 nitrogen and oxygen atoms in total. The summed E-state index contributed by atoms with van der Waals surface area (Å²) < 4.78 is 1.71. The van der Waals surface area contributed by atoms with Crippen LogP contribution < -0.4 is 0 Å². The molecular weight excluding hydrogens is 168 g/mol. The van der Waals surface area contributed by atoms with Crippen LogP contribution in [0.25, 0.3) is 0 Å². The lowest BCUT2D eigenvalue weighted by molar-refractivity contribution is 0.0704. The second-order valence-corrected chi connectivity index (χ2v) is 3.83. The average molecular weight is 184 g/mol. The Morgan fingerprint density at radius 1 is 1.46 bits per heavy atom. The molecule has 1 heterocycles. The van der Waals surface area contributed by atoms with E-state index in [0.29, 0.717) is 6.42 Å². The molecule has 0 radical (unpaired) electrons. The van der Waals surface area contributed by atoms with Crippen LogP contribution in [0.2, 0.25) is 0 Å². The summed E-state index contributed by atoms with van der Waals surface area (Å²) in [5.74, 6) is 0. The van der Waals surface area contributed by atoms with E-state index in [1.165, 1.54) is 0 Å². The topological polar surface area (TPSA) is 58.3 Å². The van der Waals surface area contributed by atoms with Crippen molar-refractivity contribution in [1.82, 2.24) is 9.78 Å². The van der Waals surface area contributed by atoms with Crippen LogP contribution in [0.4, 0.5) is 0 Å². The average Bonchev–Trinajstić information content (AvgIpc) is 2.51. The summed E-state index contributed by atoms with van der Waals surface area (Å²) >= 11 is 0. The third-order valence-corrected chi connectivity index (χ3v) is 2.15. The van der Waals surface area contributed by atoms with Crippen molar-refractivity contribution in [3.05, 3.63) is 18.0 Å². The minimum atomic E-state index is -0.441. The molecule has 2 N–H and O–H groups in total. The van der Waals surface area contributed by atoms with Gasteiger partial charge in [-0.15, -0.1) is 0 Å². The van der Waals surface area contributed by atoms with E-state index < -0.39 is 5.41 Å². The molecule has 1 rings (SSSR count). The SMILES string of the molecule is Cn1cc(CC(C)(CO)CO)cn1. The molecule has 1 aromatic rings. The summed E-state index contributed by atoms with van der Waals surface area (Å²) in [6.07, 6.45) is 4.29. The smallest absolute Gasteiger partial charge is 0.0521 e. The molecule has 0 saturated heterocycles. The molecule has 0 aliphatic heterocycles. The van der Waals surface area contributed by atoms with Crippen LogP contribution in [0.1, 0.15) is 12.5 Å². The summed E-state index contributed by atoms with van der Waals surface area (Å²) in [5.41, 5.74) is 0.594. The Bertz CT molecular complexity index is 266. The Morgan fingerprint density at radius 3 is 2.46 bits per heavy atom. The molecule has 1 aromatic heterocycles. The molecule has 74 valence electrons. The Labute approximate surface area is 77.8 Å². The van der Waals surface area contributed by atoms with Gasteiger partial charge in [-0.1, -0.05) is 6.92 Å². The van der Waals surface area contributed by atoms with E-state index >= 15 is 0 Å². The Balaban J connectivity index is 2.67. The van der Waals surface area contributed by atoms with E-state index in [1.807, 2.05) is 20.2 Å². The van der Waals surface area contributed by atoms with Gasteiger partial charge < -0.3 is 10.2 Å². The minimum absolute atomic E-state index is 0.0155. The summed E-state index contributed by atoms with van der Waals surface area (Å²) in [6, 6.07) is 0. The van der Waals surface area contributed by atoms with Gasteiger partial charge in [0.25, 0.3) is 0 Å². The van der Waals surface area contributed by atoms with E-state index in [4.69, 9.17) is 10.2 Å². The van der Waals surface area contributed by atoms with E-state index in [-0.39, 0.29) is 13.2 Å². The quantitative estimate of drug-likeness (QED) is 0.690. The van der Waals surface area contributed by atoms with E-state index in [9.17, 15) is 0 Å².